The summed E-state index contributed by atoms with van der Waals surface area (Å²) < 4.78 is 5.23. The molecule has 1 aromatic rings. The zero-order valence-corrected chi connectivity index (χ0v) is 12.6. The number of likely N-dealkylation sites (tertiary alicyclic amines) is 1. The minimum absolute atomic E-state index is 0.243. The van der Waals surface area contributed by atoms with Crippen molar-refractivity contribution < 1.29 is 19.4 Å². The highest BCUT2D eigenvalue weighted by molar-refractivity contribution is 5.97. The summed E-state index contributed by atoms with van der Waals surface area (Å²) in [7, 11) is 1.55. The third kappa shape index (κ3) is 3.17. The number of piperidine rings is 1. The molecule has 2 unspecified atom stereocenters. The molecule has 1 fully saturated rings. The van der Waals surface area contributed by atoms with Gasteiger partial charge in [-0.15, -0.1) is 0 Å². The normalized spacial score (nSPS) is 22.0. The fourth-order valence-electron chi connectivity index (χ4n) is 2.74. The number of carbonyl (C=O) groups excluding carboxylic acids is 1. The number of amides is 1. The van der Waals surface area contributed by atoms with Gasteiger partial charge in [0.25, 0.3) is 5.91 Å². The van der Waals surface area contributed by atoms with Gasteiger partial charge in [0, 0.05) is 12.1 Å². The molecule has 1 aliphatic rings. The predicted molar refractivity (Wildman–Crippen MR) is 78.6 cm³/mol. The molecule has 0 aromatic heterocycles. The zero-order valence-electron chi connectivity index (χ0n) is 12.6. The molecule has 1 aromatic carbocycles. The Morgan fingerprint density at radius 3 is 2.71 bits per heavy atom. The minimum Gasteiger partial charge on any atom is -0.496 e. The van der Waals surface area contributed by atoms with Crippen LogP contribution in [0.5, 0.6) is 5.75 Å². The van der Waals surface area contributed by atoms with Crippen LogP contribution < -0.4 is 4.74 Å². The molecule has 2 rings (SSSR count). The second-order valence-electron chi connectivity index (χ2n) is 5.67. The monoisotopic (exact) mass is 291 g/mol. The first-order valence-corrected chi connectivity index (χ1v) is 7.12. The molecule has 0 bridgehead atoms. The number of aryl methyl sites for hydroxylation is 1. The lowest BCUT2D eigenvalue weighted by molar-refractivity contribution is -0.144. The summed E-state index contributed by atoms with van der Waals surface area (Å²) in [5, 5.41) is 9.35. The van der Waals surface area contributed by atoms with Gasteiger partial charge in [-0.1, -0.05) is 13.0 Å². The van der Waals surface area contributed by atoms with Crippen molar-refractivity contribution in [2.24, 2.45) is 5.92 Å². The van der Waals surface area contributed by atoms with Crippen molar-refractivity contribution in [2.45, 2.75) is 32.7 Å². The molecule has 1 N–H and O–H groups in total. The van der Waals surface area contributed by atoms with Crippen LogP contribution in [0, 0.1) is 12.8 Å². The molecule has 114 valence electrons. The molecule has 0 radical (unpaired) electrons. The van der Waals surface area contributed by atoms with Crippen LogP contribution in [0.3, 0.4) is 0 Å². The van der Waals surface area contributed by atoms with E-state index in [2.05, 4.69) is 0 Å². The predicted octanol–water partition coefficient (Wildman–Crippen LogP) is 2.33. The van der Waals surface area contributed by atoms with E-state index < -0.39 is 12.0 Å². The molecule has 0 saturated carbocycles. The first-order chi connectivity index (χ1) is 9.93. The van der Waals surface area contributed by atoms with Crippen LogP contribution in [0.4, 0.5) is 0 Å². The lowest BCUT2D eigenvalue weighted by atomic mass is 9.92. The van der Waals surface area contributed by atoms with Crippen molar-refractivity contribution in [1.82, 2.24) is 4.90 Å². The van der Waals surface area contributed by atoms with Crippen LogP contribution in [0.2, 0.25) is 0 Å². The van der Waals surface area contributed by atoms with Crippen LogP contribution in [0.15, 0.2) is 18.2 Å². The third-order valence-electron chi connectivity index (χ3n) is 4.07. The van der Waals surface area contributed by atoms with E-state index in [0.717, 1.165) is 12.0 Å². The Balaban J connectivity index is 2.27. The summed E-state index contributed by atoms with van der Waals surface area (Å²) in [6.07, 6.45) is 1.34. The molecule has 5 nitrogen and oxygen atoms in total. The number of methoxy groups -OCH3 is 1. The summed E-state index contributed by atoms with van der Waals surface area (Å²) in [5.74, 6) is -0.220. The first kappa shape index (κ1) is 15.4. The van der Waals surface area contributed by atoms with Gasteiger partial charge in [0.1, 0.15) is 11.8 Å². The molecule has 1 saturated heterocycles. The number of rotatable bonds is 3. The molecule has 2 atom stereocenters. The van der Waals surface area contributed by atoms with Gasteiger partial charge < -0.3 is 14.7 Å². The maximum Gasteiger partial charge on any atom is 0.326 e. The molecular formula is C16H21NO4. The van der Waals surface area contributed by atoms with E-state index in [1.807, 2.05) is 19.9 Å². The molecular weight excluding hydrogens is 270 g/mol. The van der Waals surface area contributed by atoms with Gasteiger partial charge in [0.2, 0.25) is 0 Å². The van der Waals surface area contributed by atoms with Crippen LogP contribution >= 0.6 is 0 Å². The maximum atomic E-state index is 12.6. The number of aliphatic carboxylic acids is 1. The molecule has 1 heterocycles. The number of hydrogen-bond donors (Lipinski definition) is 1. The number of carboxylic acids is 1. The lowest BCUT2D eigenvalue weighted by Gasteiger charge is -2.36. The van der Waals surface area contributed by atoms with Crippen molar-refractivity contribution in [3.8, 4) is 5.75 Å². The zero-order chi connectivity index (χ0) is 15.6. The van der Waals surface area contributed by atoms with E-state index in [4.69, 9.17) is 4.74 Å². The highest BCUT2D eigenvalue weighted by Crippen LogP contribution is 2.26. The Morgan fingerprint density at radius 2 is 2.10 bits per heavy atom. The Hall–Kier alpha value is -2.04. The van der Waals surface area contributed by atoms with Crippen LogP contribution in [-0.2, 0) is 4.79 Å². The average molecular weight is 291 g/mol. The summed E-state index contributed by atoms with van der Waals surface area (Å²) in [6.45, 7) is 4.40. The van der Waals surface area contributed by atoms with Gasteiger partial charge in [0.15, 0.2) is 0 Å². The van der Waals surface area contributed by atoms with Crippen LogP contribution in [0.1, 0.15) is 35.7 Å². The van der Waals surface area contributed by atoms with Crippen molar-refractivity contribution in [1.29, 1.82) is 0 Å². The Labute approximate surface area is 124 Å². The highest BCUT2D eigenvalue weighted by atomic mass is 16.5. The van der Waals surface area contributed by atoms with E-state index in [-0.39, 0.29) is 5.91 Å². The van der Waals surface area contributed by atoms with Crippen LogP contribution in [0.25, 0.3) is 0 Å². The molecule has 21 heavy (non-hydrogen) atoms. The topological polar surface area (TPSA) is 66.8 Å². The second kappa shape index (κ2) is 6.16. The van der Waals surface area contributed by atoms with Gasteiger partial charge in [-0.05, 0) is 43.4 Å². The summed E-state index contributed by atoms with van der Waals surface area (Å²) in [6, 6.07) is 4.47. The van der Waals surface area contributed by atoms with Gasteiger partial charge in [-0.25, -0.2) is 4.79 Å². The number of carboxylic acid groups (broad SMARTS) is 1. The molecule has 0 aliphatic carbocycles. The van der Waals surface area contributed by atoms with Gasteiger partial charge >= 0.3 is 5.97 Å². The fourth-order valence-corrected chi connectivity index (χ4v) is 2.74. The third-order valence-corrected chi connectivity index (χ3v) is 4.07. The SMILES string of the molecule is COc1cc(C(=O)N2CCC(C)CC2C(=O)O)ccc1C. The minimum atomic E-state index is -0.936. The van der Waals surface area contributed by atoms with Crippen molar-refractivity contribution in [2.75, 3.05) is 13.7 Å². The van der Waals surface area contributed by atoms with Gasteiger partial charge in [0.05, 0.1) is 7.11 Å². The average Bonchev–Trinajstić information content (AvgIpc) is 2.47. The van der Waals surface area contributed by atoms with E-state index in [0.29, 0.717) is 30.2 Å². The van der Waals surface area contributed by atoms with E-state index >= 15 is 0 Å². The second-order valence-corrected chi connectivity index (χ2v) is 5.67. The fraction of sp³-hybridized carbons (Fsp3) is 0.500. The number of carbonyl (C=O) groups is 2. The Morgan fingerprint density at radius 1 is 1.38 bits per heavy atom. The molecule has 1 aliphatic heterocycles. The number of benzene rings is 1. The number of nitrogens with zero attached hydrogens (tertiary/aromatic N) is 1. The Bertz CT molecular complexity index is 555. The molecule has 0 spiro atoms. The molecule has 5 heteroatoms. The summed E-state index contributed by atoms with van der Waals surface area (Å²) in [4.78, 5) is 25.5. The van der Waals surface area contributed by atoms with Crippen molar-refractivity contribution in [3.05, 3.63) is 29.3 Å². The quantitative estimate of drug-likeness (QED) is 0.928. The Kier molecular flexibility index (Phi) is 4.50. The number of ether oxygens (including phenoxy) is 1. The smallest absolute Gasteiger partial charge is 0.326 e. The summed E-state index contributed by atoms with van der Waals surface area (Å²) in [5.41, 5.74) is 1.41. The molecule has 1 amide bonds. The van der Waals surface area contributed by atoms with Gasteiger partial charge in [-0.3, -0.25) is 4.79 Å². The standard InChI is InChI=1S/C16H21NO4/c1-10-6-7-17(13(8-10)16(19)20)15(18)12-5-4-11(2)14(9-12)21-3/h4-5,9-10,13H,6-8H2,1-3H3,(H,19,20). The van der Waals surface area contributed by atoms with E-state index in [9.17, 15) is 14.7 Å². The number of hydrogen-bond acceptors (Lipinski definition) is 3. The summed E-state index contributed by atoms with van der Waals surface area (Å²) >= 11 is 0. The first-order valence-electron chi connectivity index (χ1n) is 7.12. The maximum absolute atomic E-state index is 12.6. The van der Waals surface area contributed by atoms with E-state index in [1.54, 1.807) is 19.2 Å². The highest BCUT2D eigenvalue weighted by Gasteiger charge is 2.35. The van der Waals surface area contributed by atoms with Crippen LogP contribution in [-0.4, -0.2) is 41.6 Å². The largest absolute Gasteiger partial charge is 0.496 e. The lowest BCUT2D eigenvalue weighted by Crippen LogP contribution is -2.49. The van der Waals surface area contributed by atoms with Crippen molar-refractivity contribution >= 4 is 11.9 Å². The van der Waals surface area contributed by atoms with Crippen molar-refractivity contribution in [3.63, 3.8) is 0 Å². The van der Waals surface area contributed by atoms with E-state index in [1.165, 1.54) is 4.90 Å². The van der Waals surface area contributed by atoms with Gasteiger partial charge in [-0.2, -0.15) is 0 Å².